The van der Waals surface area contributed by atoms with Crippen LogP contribution in [0.3, 0.4) is 0 Å². The van der Waals surface area contributed by atoms with Crippen molar-refractivity contribution in [2.75, 3.05) is 7.11 Å². The molecule has 0 saturated carbocycles. The fourth-order valence-electron chi connectivity index (χ4n) is 2.13. The van der Waals surface area contributed by atoms with Crippen molar-refractivity contribution in [3.8, 4) is 17.0 Å². The van der Waals surface area contributed by atoms with Crippen molar-refractivity contribution in [1.29, 1.82) is 0 Å². The lowest BCUT2D eigenvalue weighted by molar-refractivity contribution is 0.111. The zero-order valence-corrected chi connectivity index (χ0v) is 12.3. The predicted molar refractivity (Wildman–Crippen MR) is 80.3 cm³/mol. The smallest absolute Gasteiger partial charge is 0.169 e. The number of aldehydes is 1. The van der Waals surface area contributed by atoms with E-state index < -0.39 is 0 Å². The normalized spacial score (nSPS) is 10.7. The lowest BCUT2D eigenvalue weighted by Crippen LogP contribution is -1.92. The molecule has 0 spiro atoms. The minimum atomic E-state index is 0.523. The van der Waals surface area contributed by atoms with Gasteiger partial charge in [0.25, 0.3) is 0 Å². The molecule has 0 saturated heterocycles. The Morgan fingerprint density at radius 3 is 2.90 bits per heavy atom. The van der Waals surface area contributed by atoms with Gasteiger partial charge in [-0.2, -0.15) is 0 Å². The molecule has 3 rings (SSSR count). The first-order valence-electron chi connectivity index (χ1n) is 6.00. The summed E-state index contributed by atoms with van der Waals surface area (Å²) < 4.78 is 7.87. The lowest BCUT2D eigenvalue weighted by Gasteiger charge is -2.02. The van der Waals surface area contributed by atoms with Crippen LogP contribution in [0.15, 0.2) is 47.1 Å². The maximum Gasteiger partial charge on any atom is 0.169 e. The predicted octanol–water partition coefficient (Wildman–Crippen LogP) is 3.58. The van der Waals surface area contributed by atoms with Crippen LogP contribution >= 0.6 is 15.9 Å². The van der Waals surface area contributed by atoms with Gasteiger partial charge in [-0.25, -0.2) is 4.98 Å². The highest BCUT2D eigenvalue weighted by atomic mass is 79.9. The molecular formula is C15H11BrN2O2. The Morgan fingerprint density at radius 1 is 1.30 bits per heavy atom. The number of ether oxygens (including phenoxy) is 1. The van der Waals surface area contributed by atoms with E-state index in [9.17, 15) is 4.79 Å². The first kappa shape index (κ1) is 12.9. The third kappa shape index (κ3) is 2.10. The molecule has 0 radical (unpaired) electrons. The molecule has 2 aromatic heterocycles. The second kappa shape index (κ2) is 5.09. The standard InChI is InChI=1S/C15H11BrN2O2/c1-20-12-4-2-3-10(7-12)15-13(9-19)18-8-11(16)5-6-14(18)17-15/h2-9H,1H3. The highest BCUT2D eigenvalue weighted by Gasteiger charge is 2.14. The topological polar surface area (TPSA) is 43.6 Å². The van der Waals surface area contributed by atoms with Crippen molar-refractivity contribution in [2.24, 2.45) is 0 Å². The fourth-order valence-corrected chi connectivity index (χ4v) is 2.47. The summed E-state index contributed by atoms with van der Waals surface area (Å²) in [5.41, 5.74) is 2.76. The number of pyridine rings is 1. The van der Waals surface area contributed by atoms with Crippen molar-refractivity contribution >= 4 is 27.9 Å². The Kier molecular flexibility index (Phi) is 3.28. The zero-order valence-electron chi connectivity index (χ0n) is 10.7. The molecule has 5 heteroatoms. The summed E-state index contributed by atoms with van der Waals surface area (Å²) in [7, 11) is 1.61. The minimum Gasteiger partial charge on any atom is -0.497 e. The Bertz CT molecular complexity index is 796. The van der Waals surface area contributed by atoms with Crippen LogP contribution in [0.1, 0.15) is 10.5 Å². The zero-order chi connectivity index (χ0) is 14.1. The molecule has 0 unspecified atom stereocenters. The molecule has 0 bridgehead atoms. The van der Waals surface area contributed by atoms with Crippen LogP contribution in [0, 0.1) is 0 Å². The molecule has 100 valence electrons. The molecule has 20 heavy (non-hydrogen) atoms. The van der Waals surface area contributed by atoms with Crippen LogP contribution in [-0.2, 0) is 0 Å². The van der Waals surface area contributed by atoms with Crippen LogP contribution in [-0.4, -0.2) is 22.8 Å². The van der Waals surface area contributed by atoms with E-state index >= 15 is 0 Å². The maximum absolute atomic E-state index is 11.4. The van der Waals surface area contributed by atoms with Gasteiger partial charge in [0.15, 0.2) is 6.29 Å². The average molecular weight is 331 g/mol. The van der Waals surface area contributed by atoms with E-state index in [4.69, 9.17) is 4.74 Å². The van der Waals surface area contributed by atoms with E-state index in [1.165, 1.54) is 0 Å². The van der Waals surface area contributed by atoms with Crippen molar-refractivity contribution in [3.05, 3.63) is 52.8 Å². The van der Waals surface area contributed by atoms with Crippen molar-refractivity contribution < 1.29 is 9.53 Å². The van der Waals surface area contributed by atoms with Gasteiger partial charge >= 0.3 is 0 Å². The first-order valence-corrected chi connectivity index (χ1v) is 6.79. The van der Waals surface area contributed by atoms with Crippen molar-refractivity contribution in [3.63, 3.8) is 0 Å². The monoisotopic (exact) mass is 330 g/mol. The van der Waals surface area contributed by atoms with Gasteiger partial charge in [-0.3, -0.25) is 9.20 Å². The van der Waals surface area contributed by atoms with Gasteiger partial charge in [-0.15, -0.1) is 0 Å². The molecular weight excluding hydrogens is 320 g/mol. The van der Waals surface area contributed by atoms with Crippen molar-refractivity contribution in [2.45, 2.75) is 0 Å². The Balaban J connectivity index is 2.27. The van der Waals surface area contributed by atoms with Gasteiger partial charge in [-0.05, 0) is 40.2 Å². The first-order chi connectivity index (χ1) is 9.72. The van der Waals surface area contributed by atoms with Crippen LogP contribution in [0.25, 0.3) is 16.9 Å². The number of hydrogen-bond donors (Lipinski definition) is 0. The quantitative estimate of drug-likeness (QED) is 0.689. The van der Waals surface area contributed by atoms with Crippen molar-refractivity contribution in [1.82, 2.24) is 9.38 Å². The van der Waals surface area contributed by atoms with E-state index in [1.807, 2.05) is 42.6 Å². The van der Waals surface area contributed by atoms with Crippen LogP contribution < -0.4 is 4.74 Å². The number of hydrogen-bond acceptors (Lipinski definition) is 3. The van der Waals surface area contributed by atoms with E-state index in [-0.39, 0.29) is 0 Å². The largest absolute Gasteiger partial charge is 0.497 e. The van der Waals surface area contributed by atoms with Gasteiger partial charge in [0.1, 0.15) is 22.8 Å². The highest BCUT2D eigenvalue weighted by Crippen LogP contribution is 2.27. The number of carbonyl (C=O) groups excluding carboxylic acids is 1. The molecule has 4 nitrogen and oxygen atoms in total. The second-order valence-corrected chi connectivity index (χ2v) is 5.19. The number of aromatic nitrogens is 2. The van der Waals surface area contributed by atoms with Crippen LogP contribution in [0.2, 0.25) is 0 Å². The summed E-state index contributed by atoms with van der Waals surface area (Å²) in [5, 5.41) is 0. The molecule has 1 aromatic carbocycles. The minimum absolute atomic E-state index is 0.523. The molecule has 0 atom stereocenters. The average Bonchev–Trinajstić information content (AvgIpc) is 2.85. The Labute approximate surface area is 124 Å². The van der Waals surface area contributed by atoms with Gasteiger partial charge < -0.3 is 4.74 Å². The fraction of sp³-hybridized carbons (Fsp3) is 0.0667. The lowest BCUT2D eigenvalue weighted by atomic mass is 10.1. The summed E-state index contributed by atoms with van der Waals surface area (Å²) in [4.78, 5) is 16.0. The van der Waals surface area contributed by atoms with Gasteiger partial charge in [0.05, 0.1) is 7.11 Å². The number of nitrogens with zero attached hydrogens (tertiary/aromatic N) is 2. The van der Waals surface area contributed by atoms with E-state index in [2.05, 4.69) is 20.9 Å². The Morgan fingerprint density at radius 2 is 2.15 bits per heavy atom. The van der Waals surface area contributed by atoms with Gasteiger partial charge in [0, 0.05) is 16.2 Å². The van der Waals surface area contributed by atoms with E-state index in [0.717, 1.165) is 27.7 Å². The van der Waals surface area contributed by atoms with Crippen LogP contribution in [0.5, 0.6) is 5.75 Å². The molecule has 0 aliphatic rings. The second-order valence-electron chi connectivity index (χ2n) is 4.27. The Hall–Kier alpha value is -2.14. The summed E-state index contributed by atoms with van der Waals surface area (Å²) in [6, 6.07) is 11.3. The number of fused-ring (bicyclic) bond motifs is 1. The number of halogens is 1. The maximum atomic E-state index is 11.4. The summed E-state index contributed by atoms with van der Waals surface area (Å²) in [5.74, 6) is 0.734. The molecule has 0 aliphatic heterocycles. The molecule has 3 aromatic rings. The summed E-state index contributed by atoms with van der Waals surface area (Å²) >= 11 is 3.40. The van der Waals surface area contributed by atoms with E-state index in [1.54, 1.807) is 11.5 Å². The third-order valence-corrected chi connectivity index (χ3v) is 3.54. The summed E-state index contributed by atoms with van der Waals surface area (Å²) in [6.45, 7) is 0. The SMILES string of the molecule is COc1cccc(-c2nc3ccc(Br)cn3c2C=O)c1. The van der Waals surface area contributed by atoms with E-state index in [0.29, 0.717) is 11.4 Å². The molecule has 2 heterocycles. The molecule has 0 aliphatic carbocycles. The van der Waals surface area contributed by atoms with Crippen LogP contribution in [0.4, 0.5) is 0 Å². The molecule has 0 N–H and O–H groups in total. The third-order valence-electron chi connectivity index (χ3n) is 3.07. The highest BCUT2D eigenvalue weighted by molar-refractivity contribution is 9.10. The number of methoxy groups -OCH3 is 1. The summed E-state index contributed by atoms with van der Waals surface area (Å²) in [6.07, 6.45) is 2.65. The molecule has 0 fully saturated rings. The number of rotatable bonds is 3. The molecule has 0 amide bonds. The van der Waals surface area contributed by atoms with Gasteiger partial charge in [-0.1, -0.05) is 12.1 Å². The van der Waals surface area contributed by atoms with Gasteiger partial charge in [0.2, 0.25) is 0 Å². The number of imidazole rings is 1. The number of carbonyl (C=O) groups is 1. The number of benzene rings is 1.